The summed E-state index contributed by atoms with van der Waals surface area (Å²) in [5, 5.41) is 2.91. The predicted octanol–water partition coefficient (Wildman–Crippen LogP) is 3.35. The van der Waals surface area contributed by atoms with Crippen LogP contribution in [0.5, 0.6) is 11.5 Å². The highest BCUT2D eigenvalue weighted by Gasteiger charge is 2.20. The van der Waals surface area contributed by atoms with E-state index in [-0.39, 0.29) is 12.0 Å². The van der Waals surface area contributed by atoms with Gasteiger partial charge in [0.15, 0.2) is 11.5 Å². The van der Waals surface area contributed by atoms with Crippen LogP contribution >= 0.6 is 11.8 Å². The van der Waals surface area contributed by atoms with Gasteiger partial charge in [-0.25, -0.2) is 0 Å². The first-order chi connectivity index (χ1) is 11.6. The lowest BCUT2D eigenvalue weighted by atomic mass is 10.1. The van der Waals surface area contributed by atoms with E-state index in [1.165, 1.54) is 11.1 Å². The Morgan fingerprint density at radius 2 is 1.96 bits per heavy atom. The second-order valence-corrected chi connectivity index (χ2v) is 6.89. The van der Waals surface area contributed by atoms with Crippen molar-refractivity contribution in [2.24, 2.45) is 0 Å². The number of carbonyl (C=O) groups excluding carboxylic acids is 1. The normalized spacial score (nSPS) is 15.8. The summed E-state index contributed by atoms with van der Waals surface area (Å²) in [6.07, 6.45) is -0.157. The number of fused-ring (bicyclic) bond motifs is 1. The maximum absolute atomic E-state index is 12.0. The number of hydrogen-bond acceptors (Lipinski definition) is 4. The Kier molecular flexibility index (Phi) is 5.30. The zero-order valence-electron chi connectivity index (χ0n) is 13.9. The first kappa shape index (κ1) is 16.7. The van der Waals surface area contributed by atoms with E-state index >= 15 is 0 Å². The molecule has 0 spiro atoms. The molecular formula is C19H21NO3S. The Morgan fingerprint density at radius 1 is 1.17 bits per heavy atom. The number of benzene rings is 2. The van der Waals surface area contributed by atoms with Gasteiger partial charge in [-0.2, -0.15) is 0 Å². The van der Waals surface area contributed by atoms with Gasteiger partial charge >= 0.3 is 0 Å². The van der Waals surface area contributed by atoms with Crippen LogP contribution in [0.25, 0.3) is 0 Å². The molecule has 5 heteroatoms. The van der Waals surface area contributed by atoms with Gasteiger partial charge in [0.05, 0.1) is 12.3 Å². The van der Waals surface area contributed by atoms with Gasteiger partial charge in [-0.3, -0.25) is 4.79 Å². The van der Waals surface area contributed by atoms with Crippen molar-refractivity contribution in [1.82, 2.24) is 5.32 Å². The SMILES string of the molecule is Cc1ccc(SCC(=O)NC[C@@H]2COc3ccccc3O2)cc1C. The predicted molar refractivity (Wildman–Crippen MR) is 96.0 cm³/mol. The zero-order chi connectivity index (χ0) is 16.9. The third-order valence-corrected chi connectivity index (χ3v) is 4.94. The second-order valence-electron chi connectivity index (χ2n) is 5.84. The van der Waals surface area contributed by atoms with Crippen LogP contribution in [0.4, 0.5) is 0 Å². The van der Waals surface area contributed by atoms with E-state index < -0.39 is 0 Å². The number of ether oxygens (including phenoxy) is 2. The highest BCUT2D eigenvalue weighted by atomic mass is 32.2. The number of aryl methyl sites for hydroxylation is 2. The molecule has 1 atom stereocenters. The molecule has 0 radical (unpaired) electrons. The lowest BCUT2D eigenvalue weighted by Gasteiger charge is -2.26. The van der Waals surface area contributed by atoms with Crippen LogP contribution in [0.2, 0.25) is 0 Å². The number of rotatable bonds is 5. The fraction of sp³-hybridized carbons (Fsp3) is 0.316. The quantitative estimate of drug-likeness (QED) is 0.846. The summed E-state index contributed by atoms with van der Waals surface area (Å²) < 4.78 is 11.5. The molecule has 2 aromatic rings. The molecule has 0 saturated heterocycles. The van der Waals surface area contributed by atoms with Crippen molar-refractivity contribution in [2.75, 3.05) is 18.9 Å². The Morgan fingerprint density at radius 3 is 2.75 bits per heavy atom. The highest BCUT2D eigenvalue weighted by molar-refractivity contribution is 8.00. The molecule has 1 amide bonds. The molecule has 3 rings (SSSR count). The van der Waals surface area contributed by atoms with E-state index in [0.29, 0.717) is 18.9 Å². The number of carbonyl (C=O) groups is 1. The Balaban J connectivity index is 1.44. The molecule has 1 N–H and O–H groups in total. The maximum atomic E-state index is 12.0. The summed E-state index contributed by atoms with van der Waals surface area (Å²) in [5.74, 6) is 1.88. The minimum absolute atomic E-state index is 0.000636. The van der Waals surface area contributed by atoms with Gasteiger partial charge in [0, 0.05) is 4.90 Å². The van der Waals surface area contributed by atoms with Crippen LogP contribution in [-0.4, -0.2) is 30.9 Å². The number of thioether (sulfide) groups is 1. The summed E-state index contributed by atoms with van der Waals surface area (Å²) >= 11 is 1.54. The van der Waals surface area contributed by atoms with Gasteiger partial charge < -0.3 is 14.8 Å². The number of nitrogens with one attached hydrogen (secondary N) is 1. The number of amides is 1. The molecule has 1 aliphatic heterocycles. The molecule has 126 valence electrons. The van der Waals surface area contributed by atoms with E-state index in [9.17, 15) is 4.79 Å². The van der Waals surface area contributed by atoms with Crippen LogP contribution in [0, 0.1) is 13.8 Å². The second kappa shape index (κ2) is 7.62. The van der Waals surface area contributed by atoms with Gasteiger partial charge in [-0.1, -0.05) is 18.2 Å². The van der Waals surface area contributed by atoms with Gasteiger partial charge in [-0.05, 0) is 49.2 Å². The monoisotopic (exact) mass is 343 g/mol. The van der Waals surface area contributed by atoms with Crippen molar-refractivity contribution in [3.63, 3.8) is 0 Å². The van der Waals surface area contributed by atoms with E-state index in [4.69, 9.17) is 9.47 Å². The third-order valence-electron chi connectivity index (χ3n) is 3.94. The standard InChI is InChI=1S/C19H21NO3S/c1-13-7-8-16(9-14(13)2)24-12-19(21)20-10-15-11-22-17-5-3-4-6-18(17)23-15/h3-9,15H,10-12H2,1-2H3,(H,20,21)/t15-/m1/s1. The molecule has 1 aliphatic rings. The maximum Gasteiger partial charge on any atom is 0.230 e. The fourth-order valence-electron chi connectivity index (χ4n) is 2.39. The Labute approximate surface area is 146 Å². The summed E-state index contributed by atoms with van der Waals surface area (Å²) in [6.45, 7) is 5.06. The fourth-order valence-corrected chi connectivity index (χ4v) is 3.22. The van der Waals surface area contributed by atoms with E-state index in [2.05, 4.69) is 37.4 Å². The molecule has 4 nitrogen and oxygen atoms in total. The molecule has 0 bridgehead atoms. The van der Waals surface area contributed by atoms with E-state index in [0.717, 1.165) is 16.4 Å². The van der Waals surface area contributed by atoms with Gasteiger partial charge in [-0.15, -0.1) is 11.8 Å². The van der Waals surface area contributed by atoms with Gasteiger partial charge in [0.25, 0.3) is 0 Å². The zero-order valence-corrected chi connectivity index (χ0v) is 14.7. The van der Waals surface area contributed by atoms with Crippen molar-refractivity contribution in [3.8, 4) is 11.5 Å². The summed E-state index contributed by atoms with van der Waals surface area (Å²) in [6, 6.07) is 13.8. The van der Waals surface area contributed by atoms with Gasteiger partial charge in [0.1, 0.15) is 12.7 Å². The van der Waals surface area contributed by atoms with Gasteiger partial charge in [0.2, 0.25) is 5.91 Å². The van der Waals surface area contributed by atoms with Crippen molar-refractivity contribution in [1.29, 1.82) is 0 Å². The largest absolute Gasteiger partial charge is 0.486 e. The molecule has 0 aromatic heterocycles. The molecule has 0 aliphatic carbocycles. The van der Waals surface area contributed by atoms with Crippen LogP contribution in [-0.2, 0) is 4.79 Å². The van der Waals surface area contributed by atoms with Crippen LogP contribution in [0.3, 0.4) is 0 Å². The molecule has 0 unspecified atom stereocenters. The number of para-hydroxylation sites is 2. The minimum Gasteiger partial charge on any atom is -0.486 e. The summed E-state index contributed by atoms with van der Waals surface area (Å²) in [4.78, 5) is 13.1. The average Bonchev–Trinajstić information content (AvgIpc) is 2.60. The molecule has 24 heavy (non-hydrogen) atoms. The first-order valence-electron chi connectivity index (χ1n) is 7.97. The third kappa shape index (κ3) is 4.23. The Hall–Kier alpha value is -2.14. The minimum atomic E-state index is -0.157. The molecule has 2 aromatic carbocycles. The molecular weight excluding hydrogens is 322 g/mol. The first-order valence-corrected chi connectivity index (χ1v) is 8.95. The topological polar surface area (TPSA) is 47.6 Å². The summed E-state index contributed by atoms with van der Waals surface area (Å²) in [7, 11) is 0. The average molecular weight is 343 g/mol. The summed E-state index contributed by atoms with van der Waals surface area (Å²) in [5.41, 5.74) is 2.50. The number of hydrogen-bond donors (Lipinski definition) is 1. The molecule has 1 heterocycles. The van der Waals surface area contributed by atoms with Crippen molar-refractivity contribution in [2.45, 2.75) is 24.8 Å². The van der Waals surface area contributed by atoms with Crippen molar-refractivity contribution in [3.05, 3.63) is 53.6 Å². The lowest BCUT2D eigenvalue weighted by molar-refractivity contribution is -0.119. The highest BCUT2D eigenvalue weighted by Crippen LogP contribution is 2.30. The van der Waals surface area contributed by atoms with Crippen molar-refractivity contribution < 1.29 is 14.3 Å². The van der Waals surface area contributed by atoms with Crippen molar-refractivity contribution >= 4 is 17.7 Å². The molecule has 0 fully saturated rings. The smallest absolute Gasteiger partial charge is 0.230 e. The van der Waals surface area contributed by atoms with Crippen LogP contribution in [0.1, 0.15) is 11.1 Å². The van der Waals surface area contributed by atoms with E-state index in [1.807, 2.05) is 24.3 Å². The Bertz CT molecular complexity index is 732. The van der Waals surface area contributed by atoms with Crippen LogP contribution in [0.15, 0.2) is 47.4 Å². The molecule has 0 saturated carbocycles. The van der Waals surface area contributed by atoms with E-state index in [1.54, 1.807) is 11.8 Å². The van der Waals surface area contributed by atoms with Crippen LogP contribution < -0.4 is 14.8 Å². The lowest BCUT2D eigenvalue weighted by Crippen LogP contribution is -2.41.